The third-order valence-corrected chi connectivity index (χ3v) is 3.44. The quantitative estimate of drug-likeness (QED) is 0.832. The molecule has 1 aliphatic rings. The first-order chi connectivity index (χ1) is 7.81. The number of hydrogen-bond acceptors (Lipinski definition) is 2. The minimum absolute atomic E-state index is 0.0393. The molecule has 1 N–H and O–H groups in total. The van der Waals surface area contributed by atoms with Crippen molar-refractivity contribution in [2.24, 2.45) is 11.8 Å². The predicted molar refractivity (Wildman–Crippen MR) is 60.7 cm³/mol. The van der Waals surface area contributed by atoms with E-state index in [0.29, 0.717) is 11.8 Å². The molecule has 0 spiro atoms. The van der Waals surface area contributed by atoms with E-state index in [1.165, 1.54) is 4.90 Å². The molecule has 0 aromatic rings. The monoisotopic (exact) mass is 253 g/mol. The van der Waals surface area contributed by atoms with Gasteiger partial charge in [-0.05, 0) is 31.1 Å². The van der Waals surface area contributed by atoms with E-state index in [2.05, 4.69) is 13.8 Å². The number of halogens is 3. The van der Waals surface area contributed by atoms with Crippen LogP contribution >= 0.6 is 0 Å². The fourth-order valence-corrected chi connectivity index (χ4v) is 2.95. The summed E-state index contributed by atoms with van der Waals surface area (Å²) in [6.07, 6.45) is -1.48. The van der Waals surface area contributed by atoms with Crippen LogP contribution in [-0.4, -0.2) is 41.9 Å². The molecule has 0 aromatic carbocycles. The summed E-state index contributed by atoms with van der Waals surface area (Å²) in [6.45, 7) is 3.18. The SMILES string of the molecule is CC1CC(C)CC(N(CCO)CC(F)(F)F)C1. The van der Waals surface area contributed by atoms with Crippen molar-refractivity contribution in [3.8, 4) is 0 Å². The molecule has 1 saturated carbocycles. The van der Waals surface area contributed by atoms with Gasteiger partial charge in [0.05, 0.1) is 13.2 Å². The highest BCUT2D eigenvalue weighted by Crippen LogP contribution is 2.32. The van der Waals surface area contributed by atoms with Crippen LogP contribution in [0.25, 0.3) is 0 Å². The Kier molecular flexibility index (Phi) is 5.25. The van der Waals surface area contributed by atoms with E-state index < -0.39 is 12.7 Å². The van der Waals surface area contributed by atoms with Gasteiger partial charge in [-0.15, -0.1) is 0 Å². The normalized spacial score (nSPS) is 30.9. The first-order valence-corrected chi connectivity index (χ1v) is 6.23. The topological polar surface area (TPSA) is 23.5 Å². The van der Waals surface area contributed by atoms with Crippen LogP contribution in [0.1, 0.15) is 33.1 Å². The van der Waals surface area contributed by atoms with Crippen molar-refractivity contribution in [1.82, 2.24) is 4.90 Å². The summed E-state index contributed by atoms with van der Waals surface area (Å²) in [5.74, 6) is 0.941. The van der Waals surface area contributed by atoms with Crippen LogP contribution in [0.5, 0.6) is 0 Å². The smallest absolute Gasteiger partial charge is 0.395 e. The third-order valence-electron chi connectivity index (χ3n) is 3.44. The second kappa shape index (κ2) is 6.05. The van der Waals surface area contributed by atoms with Crippen LogP contribution in [0.2, 0.25) is 0 Å². The fourth-order valence-electron chi connectivity index (χ4n) is 2.95. The van der Waals surface area contributed by atoms with Gasteiger partial charge in [-0.1, -0.05) is 13.8 Å². The van der Waals surface area contributed by atoms with Gasteiger partial charge in [-0.2, -0.15) is 13.2 Å². The first-order valence-electron chi connectivity index (χ1n) is 6.23. The summed E-state index contributed by atoms with van der Waals surface area (Å²) in [5.41, 5.74) is 0. The maximum absolute atomic E-state index is 12.5. The fraction of sp³-hybridized carbons (Fsp3) is 1.00. The predicted octanol–water partition coefficient (Wildman–Crippen LogP) is 2.67. The van der Waals surface area contributed by atoms with Crippen molar-refractivity contribution < 1.29 is 18.3 Å². The number of aliphatic hydroxyl groups is 1. The average molecular weight is 253 g/mol. The van der Waals surface area contributed by atoms with Crippen molar-refractivity contribution in [2.75, 3.05) is 19.7 Å². The molecule has 1 fully saturated rings. The molecule has 0 saturated heterocycles. The number of alkyl halides is 3. The summed E-state index contributed by atoms with van der Waals surface area (Å²) in [7, 11) is 0. The standard InChI is InChI=1S/C12H22F3NO/c1-9-5-10(2)7-11(6-9)16(3-4-17)8-12(13,14)15/h9-11,17H,3-8H2,1-2H3. The van der Waals surface area contributed by atoms with Crippen LogP contribution < -0.4 is 0 Å². The highest BCUT2D eigenvalue weighted by molar-refractivity contribution is 4.83. The lowest BCUT2D eigenvalue weighted by Gasteiger charge is -2.39. The van der Waals surface area contributed by atoms with Gasteiger partial charge < -0.3 is 5.11 Å². The number of rotatable bonds is 4. The molecule has 2 unspecified atom stereocenters. The van der Waals surface area contributed by atoms with Gasteiger partial charge in [0.2, 0.25) is 0 Å². The Morgan fingerprint density at radius 2 is 1.65 bits per heavy atom. The molecule has 0 aliphatic heterocycles. The molecule has 1 aliphatic carbocycles. The molecule has 0 amide bonds. The van der Waals surface area contributed by atoms with E-state index in [1.54, 1.807) is 0 Å². The Labute approximate surface area is 101 Å². The Morgan fingerprint density at radius 1 is 1.12 bits per heavy atom. The van der Waals surface area contributed by atoms with E-state index in [4.69, 9.17) is 5.11 Å². The van der Waals surface area contributed by atoms with Gasteiger partial charge >= 0.3 is 6.18 Å². The van der Waals surface area contributed by atoms with Gasteiger partial charge in [0.15, 0.2) is 0 Å². The van der Waals surface area contributed by atoms with Crippen LogP contribution in [0, 0.1) is 11.8 Å². The number of nitrogens with zero attached hydrogens (tertiary/aromatic N) is 1. The number of aliphatic hydroxyl groups excluding tert-OH is 1. The average Bonchev–Trinajstić information content (AvgIpc) is 2.13. The second-order valence-corrected chi connectivity index (χ2v) is 5.38. The molecule has 2 nitrogen and oxygen atoms in total. The zero-order chi connectivity index (χ0) is 13.1. The molecule has 2 atom stereocenters. The Bertz CT molecular complexity index is 222. The van der Waals surface area contributed by atoms with Crippen molar-refractivity contribution in [3.63, 3.8) is 0 Å². The largest absolute Gasteiger partial charge is 0.401 e. The molecular weight excluding hydrogens is 231 g/mol. The van der Waals surface area contributed by atoms with Crippen molar-refractivity contribution >= 4 is 0 Å². The van der Waals surface area contributed by atoms with Gasteiger partial charge in [0.25, 0.3) is 0 Å². The van der Waals surface area contributed by atoms with Gasteiger partial charge in [0.1, 0.15) is 0 Å². The molecular formula is C12H22F3NO. The zero-order valence-corrected chi connectivity index (χ0v) is 10.5. The summed E-state index contributed by atoms with van der Waals surface area (Å²) in [6, 6.07) is -0.0393. The van der Waals surface area contributed by atoms with Gasteiger partial charge in [-0.25, -0.2) is 0 Å². The van der Waals surface area contributed by atoms with Gasteiger partial charge in [0, 0.05) is 12.6 Å². The molecule has 17 heavy (non-hydrogen) atoms. The van der Waals surface area contributed by atoms with Crippen LogP contribution in [0.3, 0.4) is 0 Å². The van der Waals surface area contributed by atoms with E-state index >= 15 is 0 Å². The summed E-state index contributed by atoms with van der Waals surface area (Å²) < 4.78 is 37.4. The van der Waals surface area contributed by atoms with Crippen LogP contribution in [0.4, 0.5) is 13.2 Å². The van der Waals surface area contributed by atoms with Gasteiger partial charge in [-0.3, -0.25) is 4.90 Å². The van der Waals surface area contributed by atoms with E-state index in [1.807, 2.05) is 0 Å². The lowest BCUT2D eigenvalue weighted by Crippen LogP contribution is -2.46. The molecule has 0 bridgehead atoms. The summed E-state index contributed by atoms with van der Waals surface area (Å²) >= 11 is 0. The molecule has 1 rings (SSSR count). The molecule has 102 valence electrons. The minimum Gasteiger partial charge on any atom is -0.395 e. The first kappa shape index (κ1) is 14.8. The minimum atomic E-state index is -4.18. The highest BCUT2D eigenvalue weighted by atomic mass is 19.4. The third kappa shape index (κ3) is 5.25. The Morgan fingerprint density at radius 3 is 2.06 bits per heavy atom. The van der Waals surface area contributed by atoms with Crippen LogP contribution in [-0.2, 0) is 0 Å². The van der Waals surface area contributed by atoms with Crippen molar-refractivity contribution in [1.29, 1.82) is 0 Å². The molecule has 0 heterocycles. The highest BCUT2D eigenvalue weighted by Gasteiger charge is 2.36. The van der Waals surface area contributed by atoms with E-state index in [9.17, 15) is 13.2 Å². The number of hydrogen-bond donors (Lipinski definition) is 1. The maximum atomic E-state index is 12.5. The Hall–Kier alpha value is -0.290. The maximum Gasteiger partial charge on any atom is 0.401 e. The van der Waals surface area contributed by atoms with Crippen molar-refractivity contribution in [2.45, 2.75) is 45.3 Å². The zero-order valence-electron chi connectivity index (χ0n) is 10.5. The molecule has 5 heteroatoms. The van der Waals surface area contributed by atoms with Crippen LogP contribution in [0.15, 0.2) is 0 Å². The molecule has 0 aromatic heterocycles. The van der Waals surface area contributed by atoms with E-state index in [0.717, 1.165) is 19.3 Å². The lowest BCUT2D eigenvalue weighted by atomic mass is 9.80. The second-order valence-electron chi connectivity index (χ2n) is 5.38. The summed E-state index contributed by atoms with van der Waals surface area (Å²) in [4.78, 5) is 1.40. The lowest BCUT2D eigenvalue weighted by molar-refractivity contribution is -0.154. The Balaban J connectivity index is 2.62. The summed E-state index contributed by atoms with van der Waals surface area (Å²) in [5, 5.41) is 8.89. The van der Waals surface area contributed by atoms with E-state index in [-0.39, 0.29) is 19.2 Å². The van der Waals surface area contributed by atoms with Crippen molar-refractivity contribution in [3.05, 3.63) is 0 Å². The molecule has 0 radical (unpaired) electrons.